The highest BCUT2D eigenvalue weighted by Gasteiger charge is 2.23. The molecule has 4 heteroatoms. The number of hydrogen-bond acceptors (Lipinski definition) is 2. The molecule has 0 aliphatic carbocycles. The van der Waals surface area contributed by atoms with E-state index in [1.165, 1.54) is 30.4 Å². The summed E-state index contributed by atoms with van der Waals surface area (Å²) in [5.41, 5.74) is 3.12. The van der Waals surface area contributed by atoms with Crippen LogP contribution < -0.4 is 5.32 Å². The van der Waals surface area contributed by atoms with Crippen LogP contribution in [0.25, 0.3) is 0 Å². The second kappa shape index (κ2) is 8.50. The van der Waals surface area contributed by atoms with Crippen molar-refractivity contribution in [2.24, 2.45) is 0 Å². The fourth-order valence-corrected chi connectivity index (χ4v) is 3.59. The number of piperidine rings is 1. The maximum absolute atomic E-state index is 12.5. The van der Waals surface area contributed by atoms with Crippen molar-refractivity contribution in [2.75, 3.05) is 19.6 Å². The molecule has 0 unspecified atom stereocenters. The Hall–Kier alpha value is -1.84. The molecule has 2 aromatic carbocycles. The lowest BCUT2D eigenvalue weighted by Gasteiger charge is -2.35. The highest BCUT2D eigenvalue weighted by molar-refractivity contribution is 6.30. The van der Waals surface area contributed by atoms with Gasteiger partial charge in [-0.1, -0.05) is 53.9 Å². The van der Waals surface area contributed by atoms with Crippen molar-refractivity contribution >= 4 is 17.5 Å². The van der Waals surface area contributed by atoms with Crippen LogP contribution in [0, 0.1) is 6.92 Å². The molecule has 1 atom stereocenters. The zero-order valence-electron chi connectivity index (χ0n) is 14.7. The van der Waals surface area contributed by atoms with Gasteiger partial charge in [0.1, 0.15) is 0 Å². The number of nitrogens with one attached hydrogen (secondary N) is 1. The second-order valence-electron chi connectivity index (χ2n) is 6.74. The van der Waals surface area contributed by atoms with Gasteiger partial charge in [-0.3, -0.25) is 9.69 Å². The van der Waals surface area contributed by atoms with Crippen molar-refractivity contribution in [3.05, 3.63) is 70.2 Å². The summed E-state index contributed by atoms with van der Waals surface area (Å²) in [6.45, 7) is 4.88. The van der Waals surface area contributed by atoms with Crippen LogP contribution in [0.2, 0.25) is 5.02 Å². The lowest BCUT2D eigenvalue weighted by Crippen LogP contribution is -2.40. The van der Waals surface area contributed by atoms with E-state index in [1.807, 2.05) is 0 Å². The predicted molar refractivity (Wildman–Crippen MR) is 103 cm³/mol. The Bertz CT molecular complexity index is 708. The first-order valence-electron chi connectivity index (χ1n) is 8.98. The van der Waals surface area contributed by atoms with Gasteiger partial charge in [0.05, 0.1) is 6.04 Å². The number of carbonyl (C=O) groups excluding carboxylic acids is 1. The van der Waals surface area contributed by atoms with E-state index in [1.54, 1.807) is 24.3 Å². The summed E-state index contributed by atoms with van der Waals surface area (Å²) >= 11 is 6.00. The molecule has 0 spiro atoms. The number of rotatable bonds is 5. The number of carbonyl (C=O) groups is 1. The zero-order chi connectivity index (χ0) is 17.6. The SMILES string of the molecule is Cc1ccc([C@@H](CNC(=O)c2cccc(Cl)c2)N2CCCCC2)cc1. The molecule has 3 rings (SSSR count). The lowest BCUT2D eigenvalue weighted by molar-refractivity contribution is 0.0924. The molecule has 1 saturated heterocycles. The van der Waals surface area contributed by atoms with Crippen LogP contribution in [0.5, 0.6) is 0 Å². The summed E-state index contributed by atoms with van der Waals surface area (Å²) in [6, 6.07) is 15.9. The highest BCUT2D eigenvalue weighted by atomic mass is 35.5. The largest absolute Gasteiger partial charge is 0.350 e. The monoisotopic (exact) mass is 356 g/mol. The zero-order valence-corrected chi connectivity index (χ0v) is 15.4. The van der Waals surface area contributed by atoms with Gasteiger partial charge in [-0.25, -0.2) is 0 Å². The van der Waals surface area contributed by atoms with E-state index in [0.29, 0.717) is 17.1 Å². The van der Waals surface area contributed by atoms with Crippen molar-refractivity contribution in [1.29, 1.82) is 0 Å². The van der Waals surface area contributed by atoms with Crippen LogP contribution in [-0.4, -0.2) is 30.4 Å². The summed E-state index contributed by atoms with van der Waals surface area (Å²) < 4.78 is 0. The first kappa shape index (κ1) is 18.0. The standard InChI is InChI=1S/C21H25ClN2O/c1-16-8-10-17(11-9-16)20(24-12-3-2-4-13-24)15-23-21(25)18-6-5-7-19(22)14-18/h5-11,14,20H,2-4,12-13,15H2,1H3,(H,23,25)/t20-/m1/s1. The summed E-state index contributed by atoms with van der Waals surface area (Å²) in [4.78, 5) is 15.0. The summed E-state index contributed by atoms with van der Waals surface area (Å²) in [5, 5.41) is 3.68. The Balaban J connectivity index is 1.73. The van der Waals surface area contributed by atoms with Crippen LogP contribution in [0.1, 0.15) is 46.8 Å². The molecule has 0 saturated carbocycles. The van der Waals surface area contributed by atoms with Crippen molar-refractivity contribution in [2.45, 2.75) is 32.2 Å². The Morgan fingerprint density at radius 2 is 1.84 bits per heavy atom. The number of aryl methyl sites for hydroxylation is 1. The van der Waals surface area contributed by atoms with E-state index >= 15 is 0 Å². The summed E-state index contributed by atoms with van der Waals surface area (Å²) in [7, 11) is 0. The third-order valence-corrected chi connectivity index (χ3v) is 5.07. The fourth-order valence-electron chi connectivity index (χ4n) is 3.40. The number of halogens is 1. The lowest BCUT2D eigenvalue weighted by atomic mass is 10.0. The summed E-state index contributed by atoms with van der Waals surface area (Å²) in [5.74, 6) is -0.0726. The second-order valence-corrected chi connectivity index (χ2v) is 7.18. The van der Waals surface area contributed by atoms with Crippen LogP contribution in [-0.2, 0) is 0 Å². The smallest absolute Gasteiger partial charge is 0.251 e. The van der Waals surface area contributed by atoms with E-state index in [2.05, 4.69) is 41.4 Å². The number of likely N-dealkylation sites (tertiary alicyclic amines) is 1. The number of nitrogens with zero attached hydrogens (tertiary/aromatic N) is 1. The molecular formula is C21H25ClN2O. The van der Waals surface area contributed by atoms with Gasteiger partial charge in [-0.05, 0) is 56.6 Å². The van der Waals surface area contributed by atoms with Gasteiger partial charge >= 0.3 is 0 Å². The third-order valence-electron chi connectivity index (χ3n) is 4.84. The fraction of sp³-hybridized carbons (Fsp3) is 0.381. The van der Waals surface area contributed by atoms with E-state index < -0.39 is 0 Å². The Labute approximate surface area is 155 Å². The molecule has 1 aliphatic rings. The minimum absolute atomic E-state index is 0.0726. The molecule has 1 heterocycles. The van der Waals surface area contributed by atoms with Crippen LogP contribution in [0.4, 0.5) is 0 Å². The first-order chi connectivity index (χ1) is 12.1. The van der Waals surface area contributed by atoms with Crippen LogP contribution in [0.3, 0.4) is 0 Å². The van der Waals surface area contributed by atoms with Crippen LogP contribution in [0.15, 0.2) is 48.5 Å². The minimum atomic E-state index is -0.0726. The predicted octanol–water partition coefficient (Wildman–Crippen LogP) is 4.61. The van der Waals surface area contributed by atoms with Gasteiger partial charge in [-0.15, -0.1) is 0 Å². The summed E-state index contributed by atoms with van der Waals surface area (Å²) in [6.07, 6.45) is 3.75. The van der Waals surface area contributed by atoms with Gasteiger partial charge in [-0.2, -0.15) is 0 Å². The molecule has 0 aromatic heterocycles. The third kappa shape index (κ3) is 4.83. The normalized spacial score (nSPS) is 16.4. The Kier molecular flexibility index (Phi) is 6.11. The minimum Gasteiger partial charge on any atom is -0.350 e. The van der Waals surface area contributed by atoms with E-state index in [9.17, 15) is 4.79 Å². The van der Waals surface area contributed by atoms with E-state index in [0.717, 1.165) is 13.1 Å². The topological polar surface area (TPSA) is 32.3 Å². The number of amides is 1. The van der Waals surface area contributed by atoms with Crippen LogP contribution >= 0.6 is 11.6 Å². The maximum Gasteiger partial charge on any atom is 0.251 e. The molecule has 1 aliphatic heterocycles. The molecule has 2 aromatic rings. The van der Waals surface area contributed by atoms with Gasteiger partial charge < -0.3 is 5.32 Å². The molecule has 1 amide bonds. The Morgan fingerprint density at radius 1 is 1.12 bits per heavy atom. The molecule has 1 fully saturated rings. The van der Waals surface area contributed by atoms with E-state index in [4.69, 9.17) is 11.6 Å². The molecule has 3 nitrogen and oxygen atoms in total. The maximum atomic E-state index is 12.5. The Morgan fingerprint density at radius 3 is 2.52 bits per heavy atom. The molecule has 1 N–H and O–H groups in total. The quantitative estimate of drug-likeness (QED) is 0.848. The van der Waals surface area contributed by atoms with Gasteiger partial charge in [0.15, 0.2) is 0 Å². The van der Waals surface area contributed by atoms with Crippen molar-refractivity contribution in [3.8, 4) is 0 Å². The molecular weight excluding hydrogens is 332 g/mol. The average molecular weight is 357 g/mol. The van der Waals surface area contributed by atoms with Gasteiger partial charge in [0, 0.05) is 17.1 Å². The first-order valence-corrected chi connectivity index (χ1v) is 9.35. The van der Waals surface area contributed by atoms with Crippen molar-refractivity contribution in [1.82, 2.24) is 10.2 Å². The molecule has 0 radical (unpaired) electrons. The molecule has 0 bridgehead atoms. The van der Waals surface area contributed by atoms with E-state index in [-0.39, 0.29) is 11.9 Å². The number of hydrogen-bond donors (Lipinski definition) is 1. The van der Waals surface area contributed by atoms with Gasteiger partial charge in [0.25, 0.3) is 5.91 Å². The highest BCUT2D eigenvalue weighted by Crippen LogP contribution is 2.24. The molecule has 25 heavy (non-hydrogen) atoms. The molecule has 132 valence electrons. The van der Waals surface area contributed by atoms with Gasteiger partial charge in [0.2, 0.25) is 0 Å². The number of benzene rings is 2. The van der Waals surface area contributed by atoms with Crippen molar-refractivity contribution in [3.63, 3.8) is 0 Å². The van der Waals surface area contributed by atoms with Crippen molar-refractivity contribution < 1.29 is 4.79 Å². The average Bonchev–Trinajstić information content (AvgIpc) is 2.64.